The van der Waals surface area contributed by atoms with Gasteiger partial charge in [0, 0.05) is 0 Å². The van der Waals surface area contributed by atoms with E-state index in [9.17, 15) is 9.50 Å². The lowest BCUT2D eigenvalue weighted by atomic mass is 9.81. The van der Waals surface area contributed by atoms with Crippen molar-refractivity contribution in [1.82, 2.24) is 0 Å². The molecule has 1 atom stereocenters. The third kappa shape index (κ3) is 2.57. The molecule has 1 rings (SSSR count). The fourth-order valence-corrected chi connectivity index (χ4v) is 1.79. The zero-order valence-corrected chi connectivity index (χ0v) is 10.1. The van der Waals surface area contributed by atoms with E-state index in [1.807, 2.05) is 34.6 Å². The Bertz CT molecular complexity index is 340. The van der Waals surface area contributed by atoms with Crippen LogP contribution in [0.5, 0.6) is 0 Å². The molecule has 0 fully saturated rings. The number of rotatable bonds is 1. The quantitative estimate of drug-likeness (QED) is 0.752. The van der Waals surface area contributed by atoms with E-state index in [1.165, 1.54) is 12.1 Å². The van der Waals surface area contributed by atoms with Crippen LogP contribution in [-0.4, -0.2) is 5.11 Å². The summed E-state index contributed by atoms with van der Waals surface area (Å²) in [5.74, 6) is -0.241. The van der Waals surface area contributed by atoms with E-state index in [4.69, 9.17) is 0 Å². The molecule has 1 N–H and O–H groups in total. The number of benzene rings is 1. The summed E-state index contributed by atoms with van der Waals surface area (Å²) in [5, 5.41) is 10.2. The van der Waals surface area contributed by atoms with Gasteiger partial charge in [-0.15, -0.1) is 0 Å². The maximum Gasteiger partial charge on any atom is 0.123 e. The minimum Gasteiger partial charge on any atom is -0.388 e. The number of aryl methyl sites for hydroxylation is 2. The molecule has 0 aliphatic rings. The Kier molecular flexibility index (Phi) is 3.19. The van der Waals surface area contributed by atoms with Gasteiger partial charge in [-0.1, -0.05) is 20.8 Å². The number of aliphatic hydroxyl groups excluding tert-OH is 1. The minimum atomic E-state index is -0.557. The summed E-state index contributed by atoms with van der Waals surface area (Å²) in [4.78, 5) is 0. The molecule has 0 radical (unpaired) electrons. The summed E-state index contributed by atoms with van der Waals surface area (Å²) in [7, 11) is 0. The van der Waals surface area contributed by atoms with Crippen molar-refractivity contribution in [2.45, 2.75) is 40.7 Å². The highest BCUT2D eigenvalue weighted by Gasteiger charge is 2.26. The van der Waals surface area contributed by atoms with Crippen LogP contribution < -0.4 is 0 Å². The average molecular weight is 210 g/mol. The van der Waals surface area contributed by atoms with Crippen LogP contribution in [0.2, 0.25) is 0 Å². The van der Waals surface area contributed by atoms with Crippen molar-refractivity contribution in [1.29, 1.82) is 0 Å². The SMILES string of the molecule is Cc1cc(F)cc(C)c1C(O)C(C)(C)C. The van der Waals surface area contributed by atoms with Gasteiger partial charge in [-0.05, 0) is 48.1 Å². The summed E-state index contributed by atoms with van der Waals surface area (Å²) >= 11 is 0. The van der Waals surface area contributed by atoms with Crippen molar-refractivity contribution in [2.24, 2.45) is 5.41 Å². The molecule has 0 amide bonds. The van der Waals surface area contributed by atoms with E-state index in [1.54, 1.807) is 0 Å². The summed E-state index contributed by atoms with van der Waals surface area (Å²) < 4.78 is 13.1. The lowest BCUT2D eigenvalue weighted by Crippen LogP contribution is -2.20. The van der Waals surface area contributed by atoms with E-state index >= 15 is 0 Å². The molecule has 1 nitrogen and oxygen atoms in total. The summed E-state index contributed by atoms with van der Waals surface area (Å²) in [6.45, 7) is 9.58. The monoisotopic (exact) mass is 210 g/mol. The molecule has 0 aliphatic carbocycles. The lowest BCUT2D eigenvalue weighted by Gasteiger charge is -2.28. The highest BCUT2D eigenvalue weighted by Crippen LogP contribution is 2.36. The number of hydrogen-bond donors (Lipinski definition) is 1. The van der Waals surface area contributed by atoms with Gasteiger partial charge in [0.1, 0.15) is 5.82 Å². The van der Waals surface area contributed by atoms with Crippen LogP contribution in [0.25, 0.3) is 0 Å². The smallest absolute Gasteiger partial charge is 0.123 e. The van der Waals surface area contributed by atoms with Crippen molar-refractivity contribution in [3.8, 4) is 0 Å². The summed E-state index contributed by atoms with van der Waals surface area (Å²) in [5.41, 5.74) is 2.25. The third-order valence-corrected chi connectivity index (χ3v) is 2.65. The Hall–Kier alpha value is -0.890. The van der Waals surface area contributed by atoms with Crippen molar-refractivity contribution in [2.75, 3.05) is 0 Å². The second-order valence-corrected chi connectivity index (χ2v) is 5.22. The molecule has 1 unspecified atom stereocenters. The summed E-state index contributed by atoms with van der Waals surface area (Å²) in [6, 6.07) is 2.94. The van der Waals surface area contributed by atoms with Crippen LogP contribution in [-0.2, 0) is 0 Å². The second-order valence-electron chi connectivity index (χ2n) is 5.22. The second kappa shape index (κ2) is 3.93. The maximum atomic E-state index is 13.1. The Morgan fingerprint density at radius 1 is 1.13 bits per heavy atom. The molecule has 0 spiro atoms. The Labute approximate surface area is 90.9 Å². The molecule has 0 aromatic heterocycles. The Balaban J connectivity index is 3.26. The van der Waals surface area contributed by atoms with Gasteiger partial charge in [0.05, 0.1) is 6.10 Å². The zero-order chi connectivity index (χ0) is 11.8. The van der Waals surface area contributed by atoms with Gasteiger partial charge in [-0.3, -0.25) is 0 Å². The topological polar surface area (TPSA) is 20.2 Å². The van der Waals surface area contributed by atoms with Crippen LogP contribution in [0, 0.1) is 25.1 Å². The molecule has 1 aromatic rings. The normalized spacial score (nSPS) is 14.1. The maximum absolute atomic E-state index is 13.1. The fraction of sp³-hybridized carbons (Fsp3) is 0.538. The van der Waals surface area contributed by atoms with E-state index in [2.05, 4.69) is 0 Å². The number of halogens is 1. The van der Waals surface area contributed by atoms with Crippen LogP contribution in [0.1, 0.15) is 43.6 Å². The van der Waals surface area contributed by atoms with E-state index in [0.717, 1.165) is 16.7 Å². The predicted octanol–water partition coefficient (Wildman–Crippen LogP) is 3.52. The van der Waals surface area contributed by atoms with Crippen molar-refractivity contribution >= 4 is 0 Å². The number of hydrogen-bond acceptors (Lipinski definition) is 1. The molecular weight excluding hydrogens is 191 g/mol. The van der Waals surface area contributed by atoms with Crippen LogP contribution in [0.3, 0.4) is 0 Å². The Morgan fingerprint density at radius 3 is 1.87 bits per heavy atom. The first-order valence-electron chi connectivity index (χ1n) is 5.18. The van der Waals surface area contributed by atoms with Crippen molar-refractivity contribution < 1.29 is 9.50 Å². The first kappa shape index (κ1) is 12.2. The van der Waals surface area contributed by atoms with Crippen LogP contribution in [0.4, 0.5) is 4.39 Å². The van der Waals surface area contributed by atoms with Gasteiger partial charge in [-0.2, -0.15) is 0 Å². The van der Waals surface area contributed by atoms with Crippen LogP contribution >= 0.6 is 0 Å². The molecular formula is C13H19FO. The lowest BCUT2D eigenvalue weighted by molar-refractivity contribution is 0.0615. The molecule has 0 heterocycles. The molecule has 0 saturated carbocycles. The number of aliphatic hydroxyl groups is 1. The van der Waals surface area contributed by atoms with Crippen molar-refractivity contribution in [3.05, 3.63) is 34.6 Å². The van der Waals surface area contributed by atoms with E-state index in [0.29, 0.717) is 0 Å². The standard InChI is InChI=1S/C13H19FO/c1-8-6-10(14)7-9(2)11(8)12(15)13(3,4)5/h6-7,12,15H,1-5H3. The molecule has 15 heavy (non-hydrogen) atoms. The predicted molar refractivity (Wildman–Crippen MR) is 60.3 cm³/mol. The highest BCUT2D eigenvalue weighted by molar-refractivity contribution is 5.36. The fourth-order valence-electron chi connectivity index (χ4n) is 1.79. The third-order valence-electron chi connectivity index (χ3n) is 2.65. The van der Waals surface area contributed by atoms with Gasteiger partial charge in [0.25, 0.3) is 0 Å². The van der Waals surface area contributed by atoms with Gasteiger partial charge >= 0.3 is 0 Å². The first-order chi connectivity index (χ1) is 6.73. The molecule has 2 heteroatoms. The van der Waals surface area contributed by atoms with Gasteiger partial charge in [-0.25, -0.2) is 4.39 Å². The Morgan fingerprint density at radius 2 is 1.53 bits per heavy atom. The average Bonchev–Trinajstić information content (AvgIpc) is 1.99. The van der Waals surface area contributed by atoms with Gasteiger partial charge in [0.2, 0.25) is 0 Å². The van der Waals surface area contributed by atoms with Crippen molar-refractivity contribution in [3.63, 3.8) is 0 Å². The van der Waals surface area contributed by atoms with E-state index in [-0.39, 0.29) is 11.2 Å². The molecule has 1 aromatic carbocycles. The first-order valence-corrected chi connectivity index (χ1v) is 5.18. The highest BCUT2D eigenvalue weighted by atomic mass is 19.1. The largest absolute Gasteiger partial charge is 0.388 e. The van der Waals surface area contributed by atoms with Gasteiger partial charge < -0.3 is 5.11 Å². The molecule has 0 aliphatic heterocycles. The van der Waals surface area contributed by atoms with Gasteiger partial charge in [0.15, 0.2) is 0 Å². The molecule has 84 valence electrons. The van der Waals surface area contributed by atoms with E-state index < -0.39 is 6.10 Å². The molecule has 0 bridgehead atoms. The minimum absolute atomic E-state index is 0.229. The summed E-state index contributed by atoms with van der Waals surface area (Å²) in [6.07, 6.45) is -0.557. The van der Waals surface area contributed by atoms with Crippen LogP contribution in [0.15, 0.2) is 12.1 Å². The molecule has 0 saturated heterocycles. The zero-order valence-electron chi connectivity index (χ0n) is 10.1.